The summed E-state index contributed by atoms with van der Waals surface area (Å²) < 4.78 is 0. The van der Waals surface area contributed by atoms with Crippen molar-refractivity contribution in [2.24, 2.45) is 11.8 Å². The van der Waals surface area contributed by atoms with E-state index in [1.54, 1.807) is 0 Å². The second kappa shape index (κ2) is 8.06. The van der Waals surface area contributed by atoms with Crippen molar-refractivity contribution in [3.8, 4) is 0 Å². The first kappa shape index (κ1) is 14.9. The molecule has 1 N–H and O–H groups in total. The summed E-state index contributed by atoms with van der Waals surface area (Å²) in [5.41, 5.74) is 0. The van der Waals surface area contributed by atoms with Crippen LogP contribution in [0.15, 0.2) is 0 Å². The van der Waals surface area contributed by atoms with Crippen LogP contribution in [0.25, 0.3) is 0 Å². The van der Waals surface area contributed by atoms with Gasteiger partial charge in [-0.3, -0.25) is 0 Å². The van der Waals surface area contributed by atoms with E-state index in [2.05, 4.69) is 42.9 Å². The number of nitrogens with zero attached hydrogens (tertiary/aromatic N) is 2. The van der Waals surface area contributed by atoms with Crippen molar-refractivity contribution in [2.45, 2.75) is 27.2 Å². The minimum atomic E-state index is 0.758. The Morgan fingerprint density at radius 2 is 1.76 bits per heavy atom. The average Bonchev–Trinajstić information content (AvgIpc) is 2.43. The summed E-state index contributed by atoms with van der Waals surface area (Å²) in [6, 6.07) is 0. The van der Waals surface area contributed by atoms with E-state index in [9.17, 15) is 0 Å². The van der Waals surface area contributed by atoms with Gasteiger partial charge in [0, 0.05) is 19.6 Å². The molecule has 3 nitrogen and oxygen atoms in total. The molecule has 0 aliphatic carbocycles. The van der Waals surface area contributed by atoms with Crippen molar-refractivity contribution < 1.29 is 0 Å². The highest BCUT2D eigenvalue weighted by atomic mass is 15.2. The maximum atomic E-state index is 3.56. The van der Waals surface area contributed by atoms with Crippen molar-refractivity contribution in [1.29, 1.82) is 0 Å². The van der Waals surface area contributed by atoms with Gasteiger partial charge in [-0.15, -0.1) is 0 Å². The van der Waals surface area contributed by atoms with Gasteiger partial charge in [-0.2, -0.15) is 0 Å². The van der Waals surface area contributed by atoms with Crippen LogP contribution in [0, 0.1) is 11.8 Å². The minimum Gasteiger partial charge on any atom is -0.316 e. The van der Waals surface area contributed by atoms with Gasteiger partial charge < -0.3 is 15.1 Å². The molecule has 1 aliphatic rings. The van der Waals surface area contributed by atoms with Gasteiger partial charge in [0.2, 0.25) is 0 Å². The molecule has 0 spiro atoms. The lowest BCUT2D eigenvalue weighted by atomic mass is 10.1. The molecular weight excluding hydrogens is 210 g/mol. The second-order valence-corrected chi connectivity index (χ2v) is 6.11. The van der Waals surface area contributed by atoms with Crippen LogP contribution in [0.3, 0.4) is 0 Å². The highest BCUT2D eigenvalue weighted by Gasteiger charge is 2.14. The van der Waals surface area contributed by atoms with E-state index in [1.807, 2.05) is 0 Å². The molecule has 17 heavy (non-hydrogen) atoms. The van der Waals surface area contributed by atoms with Crippen molar-refractivity contribution >= 4 is 0 Å². The van der Waals surface area contributed by atoms with Gasteiger partial charge in [0.25, 0.3) is 0 Å². The fraction of sp³-hybridized carbons (Fsp3) is 1.00. The van der Waals surface area contributed by atoms with Crippen molar-refractivity contribution in [3.63, 3.8) is 0 Å². The van der Waals surface area contributed by atoms with E-state index in [-0.39, 0.29) is 0 Å². The number of hydrogen-bond acceptors (Lipinski definition) is 3. The summed E-state index contributed by atoms with van der Waals surface area (Å²) in [7, 11) is 2.23. The van der Waals surface area contributed by atoms with Crippen LogP contribution in [0.5, 0.6) is 0 Å². The Morgan fingerprint density at radius 1 is 1.00 bits per heavy atom. The summed E-state index contributed by atoms with van der Waals surface area (Å²) in [5.74, 6) is 1.52. The molecule has 0 aromatic carbocycles. The second-order valence-electron chi connectivity index (χ2n) is 6.11. The van der Waals surface area contributed by atoms with Crippen molar-refractivity contribution in [2.75, 3.05) is 52.9 Å². The molecule has 0 aromatic rings. The molecule has 1 unspecified atom stereocenters. The molecule has 3 heteroatoms. The van der Waals surface area contributed by atoms with E-state index >= 15 is 0 Å². The van der Waals surface area contributed by atoms with Crippen molar-refractivity contribution in [3.05, 3.63) is 0 Å². The van der Waals surface area contributed by atoms with E-state index in [1.165, 1.54) is 39.1 Å². The van der Waals surface area contributed by atoms with E-state index in [4.69, 9.17) is 0 Å². The molecule has 1 fully saturated rings. The van der Waals surface area contributed by atoms with Gasteiger partial charge in [-0.25, -0.2) is 0 Å². The predicted molar refractivity (Wildman–Crippen MR) is 75.4 cm³/mol. The largest absolute Gasteiger partial charge is 0.316 e. The Hall–Kier alpha value is -0.120. The number of nitrogens with one attached hydrogen (secondary N) is 1. The quantitative estimate of drug-likeness (QED) is 0.760. The number of rotatable bonds is 6. The van der Waals surface area contributed by atoms with Crippen LogP contribution >= 0.6 is 0 Å². The molecule has 102 valence electrons. The van der Waals surface area contributed by atoms with Crippen LogP contribution < -0.4 is 5.32 Å². The number of likely N-dealkylation sites (N-methyl/N-ethyl adjacent to an activating group) is 1. The first-order chi connectivity index (χ1) is 8.08. The number of hydrogen-bond donors (Lipinski definition) is 1. The Morgan fingerprint density at radius 3 is 2.47 bits per heavy atom. The third-order valence-corrected chi connectivity index (χ3v) is 3.43. The topological polar surface area (TPSA) is 18.5 Å². The van der Waals surface area contributed by atoms with Gasteiger partial charge in [0.05, 0.1) is 0 Å². The maximum absolute atomic E-state index is 3.56. The summed E-state index contributed by atoms with van der Waals surface area (Å²) >= 11 is 0. The van der Waals surface area contributed by atoms with Gasteiger partial charge in [-0.1, -0.05) is 20.8 Å². The van der Waals surface area contributed by atoms with Crippen LogP contribution in [0.4, 0.5) is 0 Å². The van der Waals surface area contributed by atoms with Crippen molar-refractivity contribution in [1.82, 2.24) is 15.1 Å². The van der Waals surface area contributed by atoms with E-state index in [0.717, 1.165) is 24.9 Å². The lowest BCUT2D eigenvalue weighted by Gasteiger charge is -2.24. The molecular formula is C14H31N3. The molecule has 0 radical (unpaired) electrons. The molecule has 1 aliphatic heterocycles. The third kappa shape index (κ3) is 7.02. The molecule has 1 rings (SSSR count). The predicted octanol–water partition coefficient (Wildman–Crippen LogP) is 1.51. The average molecular weight is 241 g/mol. The van der Waals surface area contributed by atoms with Gasteiger partial charge in [0.1, 0.15) is 0 Å². The first-order valence-electron chi connectivity index (χ1n) is 7.19. The lowest BCUT2D eigenvalue weighted by Crippen LogP contribution is -2.36. The van der Waals surface area contributed by atoms with Crippen LogP contribution in [0.2, 0.25) is 0 Å². The molecule has 0 saturated carbocycles. The lowest BCUT2D eigenvalue weighted by molar-refractivity contribution is 0.239. The van der Waals surface area contributed by atoms with Gasteiger partial charge >= 0.3 is 0 Å². The molecule has 1 saturated heterocycles. The standard InChI is InChI=1S/C14H31N3/c1-13(2)10-15-11-14(3)12-17-7-5-6-16(4)8-9-17/h13-15H,5-12H2,1-4H3. The third-order valence-electron chi connectivity index (χ3n) is 3.43. The maximum Gasteiger partial charge on any atom is 0.0109 e. The molecule has 1 atom stereocenters. The Balaban J connectivity index is 2.14. The Kier molecular flexibility index (Phi) is 7.09. The fourth-order valence-electron chi connectivity index (χ4n) is 2.41. The fourth-order valence-corrected chi connectivity index (χ4v) is 2.41. The normalized spacial score (nSPS) is 21.7. The zero-order valence-corrected chi connectivity index (χ0v) is 12.2. The van der Waals surface area contributed by atoms with Gasteiger partial charge in [0.15, 0.2) is 0 Å². The van der Waals surface area contributed by atoms with Crippen LogP contribution in [-0.2, 0) is 0 Å². The molecule has 0 bridgehead atoms. The molecule has 1 heterocycles. The summed E-state index contributed by atoms with van der Waals surface area (Å²) in [6.07, 6.45) is 1.32. The van der Waals surface area contributed by atoms with Crippen LogP contribution in [0.1, 0.15) is 27.2 Å². The molecule has 0 aromatic heterocycles. The van der Waals surface area contributed by atoms with E-state index < -0.39 is 0 Å². The summed E-state index contributed by atoms with van der Waals surface area (Å²) in [4.78, 5) is 5.08. The highest BCUT2D eigenvalue weighted by molar-refractivity contribution is 4.70. The highest BCUT2D eigenvalue weighted by Crippen LogP contribution is 2.05. The van der Waals surface area contributed by atoms with Crippen LogP contribution in [-0.4, -0.2) is 62.7 Å². The summed E-state index contributed by atoms with van der Waals surface area (Å²) in [6.45, 7) is 15.5. The Labute approximate surface area is 108 Å². The Bertz CT molecular complexity index is 194. The monoisotopic (exact) mass is 241 g/mol. The zero-order valence-electron chi connectivity index (χ0n) is 12.2. The summed E-state index contributed by atoms with van der Waals surface area (Å²) in [5, 5.41) is 3.56. The SMILES string of the molecule is CC(C)CNCC(C)CN1CCCN(C)CC1. The first-order valence-corrected chi connectivity index (χ1v) is 7.19. The zero-order chi connectivity index (χ0) is 12.7. The molecule has 0 amide bonds. The van der Waals surface area contributed by atoms with E-state index in [0.29, 0.717) is 0 Å². The van der Waals surface area contributed by atoms with Gasteiger partial charge in [-0.05, 0) is 51.5 Å². The minimum absolute atomic E-state index is 0.758. The smallest absolute Gasteiger partial charge is 0.0109 e.